The summed E-state index contributed by atoms with van der Waals surface area (Å²) < 4.78 is 31.2. The molecule has 0 fully saturated rings. The van der Waals surface area contributed by atoms with Gasteiger partial charge in [-0.25, -0.2) is 19.8 Å². The number of urea groups is 1. The molecule has 0 aliphatic carbocycles. The second-order valence-electron chi connectivity index (χ2n) is 7.37. The van der Waals surface area contributed by atoms with Crippen molar-refractivity contribution >= 4 is 23.9 Å². The molecule has 1 rings (SSSR count). The number of hydrazine groups is 1. The summed E-state index contributed by atoms with van der Waals surface area (Å²) in [6, 6.07) is 6.84. The number of nitrogen functional groups attached to an aromatic ring is 1. The summed E-state index contributed by atoms with van der Waals surface area (Å²) in [7, 11) is 1.52. The van der Waals surface area contributed by atoms with Crippen LogP contribution >= 0.6 is 0 Å². The van der Waals surface area contributed by atoms with Gasteiger partial charge in [0.25, 0.3) is 0 Å². The topological polar surface area (TPSA) is 193 Å². The fourth-order valence-corrected chi connectivity index (χ4v) is 2.50. The van der Waals surface area contributed by atoms with Crippen molar-refractivity contribution in [3.05, 3.63) is 29.8 Å². The molecule has 15 heteroatoms. The molecule has 0 heterocycles. The van der Waals surface area contributed by atoms with Crippen molar-refractivity contribution in [3.63, 3.8) is 0 Å². The van der Waals surface area contributed by atoms with Gasteiger partial charge in [0.15, 0.2) is 0 Å². The highest BCUT2D eigenvalue weighted by atomic mass is 16.6. The SMILES string of the molecule is CNC(=O)NNCCOCCOCCNC(=O)OCCOCCOCCOC(=O)NCc1ccc(N)cc1. The number of carbonyl (C=O) groups excluding carboxylic acids is 3. The van der Waals surface area contributed by atoms with Crippen LogP contribution in [0.5, 0.6) is 0 Å². The number of ether oxygens (including phenoxy) is 6. The second-order valence-corrected chi connectivity index (χ2v) is 7.37. The molecule has 0 unspecified atom stereocenters. The van der Waals surface area contributed by atoms with Crippen LogP contribution in [0, 0.1) is 0 Å². The van der Waals surface area contributed by atoms with Gasteiger partial charge in [-0.3, -0.25) is 5.43 Å². The number of anilines is 1. The quantitative estimate of drug-likeness (QED) is 0.0677. The van der Waals surface area contributed by atoms with E-state index in [1.807, 2.05) is 12.1 Å². The van der Waals surface area contributed by atoms with E-state index in [0.29, 0.717) is 65.0 Å². The molecule has 0 bridgehead atoms. The van der Waals surface area contributed by atoms with Crippen molar-refractivity contribution < 1.29 is 42.8 Å². The van der Waals surface area contributed by atoms with E-state index in [4.69, 9.17) is 34.2 Å². The van der Waals surface area contributed by atoms with E-state index in [1.165, 1.54) is 7.05 Å². The van der Waals surface area contributed by atoms with Gasteiger partial charge < -0.3 is 50.1 Å². The number of hydrogen-bond acceptors (Lipinski definition) is 11. The van der Waals surface area contributed by atoms with Crippen LogP contribution < -0.4 is 32.5 Å². The highest BCUT2D eigenvalue weighted by Crippen LogP contribution is 2.04. The number of nitrogens with two attached hydrogens (primary N) is 1. The first-order valence-electron chi connectivity index (χ1n) is 12.2. The molecule has 1 aromatic rings. The molecule has 0 saturated heterocycles. The summed E-state index contributed by atoms with van der Waals surface area (Å²) in [5.74, 6) is 0. The van der Waals surface area contributed by atoms with Crippen molar-refractivity contribution in [2.24, 2.45) is 0 Å². The average molecular weight is 545 g/mol. The van der Waals surface area contributed by atoms with Crippen LogP contribution in [0.15, 0.2) is 24.3 Å². The summed E-state index contributed by atoms with van der Waals surface area (Å²) in [6.07, 6.45) is -1.10. The largest absolute Gasteiger partial charge is 0.447 e. The molecular weight excluding hydrogens is 504 g/mol. The zero-order chi connectivity index (χ0) is 27.7. The Morgan fingerprint density at radius 3 is 1.76 bits per heavy atom. The molecule has 0 aliphatic rings. The third-order valence-electron chi connectivity index (χ3n) is 4.40. The minimum Gasteiger partial charge on any atom is -0.447 e. The lowest BCUT2D eigenvalue weighted by Crippen LogP contribution is -2.44. The molecule has 0 spiro atoms. The number of carbonyl (C=O) groups is 3. The molecule has 4 amide bonds. The van der Waals surface area contributed by atoms with Gasteiger partial charge >= 0.3 is 18.2 Å². The molecular formula is C23H40N6O9. The van der Waals surface area contributed by atoms with Gasteiger partial charge in [0.1, 0.15) is 13.2 Å². The van der Waals surface area contributed by atoms with Crippen LogP contribution in [-0.2, 0) is 35.0 Å². The van der Waals surface area contributed by atoms with Crippen LogP contribution in [0.4, 0.5) is 20.1 Å². The first kappa shape index (κ1) is 32.7. The van der Waals surface area contributed by atoms with Crippen molar-refractivity contribution in [2.45, 2.75) is 6.54 Å². The number of nitrogens with one attached hydrogen (secondary N) is 5. The number of amides is 4. The molecule has 15 nitrogen and oxygen atoms in total. The Bertz CT molecular complexity index is 770. The third-order valence-corrected chi connectivity index (χ3v) is 4.40. The lowest BCUT2D eigenvalue weighted by Gasteiger charge is -2.09. The van der Waals surface area contributed by atoms with Gasteiger partial charge in [0.2, 0.25) is 0 Å². The maximum atomic E-state index is 11.6. The Hall–Kier alpha value is -3.37. The van der Waals surface area contributed by atoms with Crippen LogP contribution in [0.1, 0.15) is 5.56 Å². The molecule has 7 N–H and O–H groups in total. The summed E-state index contributed by atoms with van der Waals surface area (Å²) >= 11 is 0. The molecule has 1 aromatic carbocycles. The smallest absolute Gasteiger partial charge is 0.407 e. The zero-order valence-electron chi connectivity index (χ0n) is 21.8. The van der Waals surface area contributed by atoms with Gasteiger partial charge in [-0.05, 0) is 17.7 Å². The Morgan fingerprint density at radius 2 is 1.18 bits per heavy atom. The van der Waals surface area contributed by atoms with Gasteiger partial charge in [0.05, 0.1) is 52.9 Å². The minimum absolute atomic E-state index is 0.0978. The summed E-state index contributed by atoms with van der Waals surface area (Å²) in [6.45, 7) is 3.89. The normalized spacial score (nSPS) is 10.4. The first-order valence-corrected chi connectivity index (χ1v) is 12.2. The van der Waals surface area contributed by atoms with Gasteiger partial charge in [-0.2, -0.15) is 0 Å². The monoisotopic (exact) mass is 544 g/mol. The fourth-order valence-electron chi connectivity index (χ4n) is 2.50. The van der Waals surface area contributed by atoms with E-state index in [1.54, 1.807) is 12.1 Å². The Balaban J connectivity index is 1.78. The van der Waals surface area contributed by atoms with E-state index in [-0.39, 0.29) is 32.5 Å². The summed E-state index contributed by atoms with van der Waals surface area (Å²) in [5, 5.41) is 7.59. The van der Waals surface area contributed by atoms with E-state index in [0.717, 1.165) is 5.56 Å². The number of rotatable bonds is 21. The van der Waals surface area contributed by atoms with Crippen LogP contribution in [0.3, 0.4) is 0 Å². The van der Waals surface area contributed by atoms with Gasteiger partial charge in [0, 0.05) is 32.4 Å². The highest BCUT2D eigenvalue weighted by molar-refractivity contribution is 5.72. The Labute approximate surface area is 222 Å². The number of alkyl carbamates (subject to hydrolysis) is 2. The predicted molar refractivity (Wildman–Crippen MR) is 137 cm³/mol. The highest BCUT2D eigenvalue weighted by Gasteiger charge is 2.03. The second kappa shape index (κ2) is 22.8. The van der Waals surface area contributed by atoms with Crippen LogP contribution in [0.25, 0.3) is 0 Å². The van der Waals surface area contributed by atoms with E-state index in [2.05, 4.69) is 26.8 Å². The molecule has 0 aliphatic heterocycles. The van der Waals surface area contributed by atoms with E-state index < -0.39 is 12.2 Å². The molecule has 0 atom stereocenters. The van der Waals surface area contributed by atoms with Crippen LogP contribution in [0.2, 0.25) is 0 Å². The lowest BCUT2D eigenvalue weighted by molar-refractivity contribution is 0.0151. The van der Waals surface area contributed by atoms with Crippen molar-refractivity contribution in [1.29, 1.82) is 0 Å². The fraction of sp³-hybridized carbons (Fsp3) is 0.609. The van der Waals surface area contributed by atoms with E-state index in [9.17, 15) is 14.4 Å². The molecule has 216 valence electrons. The lowest BCUT2D eigenvalue weighted by atomic mass is 10.2. The first-order chi connectivity index (χ1) is 18.5. The van der Waals surface area contributed by atoms with Crippen molar-refractivity contribution in [1.82, 2.24) is 26.8 Å². The number of hydrogen-bond donors (Lipinski definition) is 6. The van der Waals surface area contributed by atoms with Crippen molar-refractivity contribution in [3.8, 4) is 0 Å². The van der Waals surface area contributed by atoms with Crippen LogP contribution in [-0.4, -0.2) is 104 Å². The van der Waals surface area contributed by atoms with Gasteiger partial charge in [-0.15, -0.1) is 0 Å². The molecule has 0 radical (unpaired) electrons. The zero-order valence-corrected chi connectivity index (χ0v) is 21.8. The van der Waals surface area contributed by atoms with Gasteiger partial charge in [-0.1, -0.05) is 12.1 Å². The van der Waals surface area contributed by atoms with E-state index >= 15 is 0 Å². The number of benzene rings is 1. The summed E-state index contributed by atoms with van der Waals surface area (Å²) in [5.41, 5.74) is 12.3. The summed E-state index contributed by atoms with van der Waals surface area (Å²) in [4.78, 5) is 34.1. The minimum atomic E-state index is -0.564. The molecule has 0 saturated carbocycles. The average Bonchev–Trinajstić information content (AvgIpc) is 2.92. The molecule has 38 heavy (non-hydrogen) atoms. The predicted octanol–water partition coefficient (Wildman–Crippen LogP) is -0.279. The Morgan fingerprint density at radius 1 is 0.684 bits per heavy atom. The molecule has 0 aromatic heterocycles. The third kappa shape index (κ3) is 19.8. The standard InChI is InChI=1S/C23H40N6O9/c1-25-21(30)29-28-7-9-34-11-10-33-8-6-26-22(31)37-16-14-35-12-13-36-15-17-38-23(32)27-18-19-2-4-20(24)5-3-19/h2-5,28H,6-18,24H2,1H3,(H,26,31)(H,27,32)(H2,25,29,30). The maximum absolute atomic E-state index is 11.6. The van der Waals surface area contributed by atoms with Crippen molar-refractivity contribution in [2.75, 3.05) is 91.9 Å². The Kier molecular flexibility index (Phi) is 19.6. The maximum Gasteiger partial charge on any atom is 0.407 e.